The first-order valence-electron chi connectivity index (χ1n) is 6.30. The lowest BCUT2D eigenvalue weighted by atomic mass is 10.1. The Morgan fingerprint density at radius 3 is 2.94 bits per heavy atom. The highest BCUT2D eigenvalue weighted by Crippen LogP contribution is 2.17. The molecule has 0 aromatic carbocycles. The van der Waals surface area contributed by atoms with Crippen LogP contribution in [0, 0.1) is 0 Å². The van der Waals surface area contributed by atoms with E-state index in [4.69, 9.17) is 10.5 Å². The Labute approximate surface area is 111 Å². The summed E-state index contributed by atoms with van der Waals surface area (Å²) < 4.78 is 5.71. The lowest BCUT2D eigenvalue weighted by Crippen LogP contribution is -2.40. The fourth-order valence-corrected chi connectivity index (χ4v) is 2.62. The average Bonchev–Trinajstić information content (AvgIpc) is 2.93. The zero-order valence-corrected chi connectivity index (χ0v) is 11.2. The molecule has 100 valence electrons. The van der Waals surface area contributed by atoms with Crippen LogP contribution in [0.25, 0.3) is 0 Å². The zero-order valence-electron chi connectivity index (χ0n) is 10.4. The van der Waals surface area contributed by atoms with Gasteiger partial charge in [-0.3, -0.25) is 9.78 Å². The van der Waals surface area contributed by atoms with Crippen molar-refractivity contribution in [1.29, 1.82) is 0 Å². The highest BCUT2D eigenvalue weighted by Gasteiger charge is 2.24. The van der Waals surface area contributed by atoms with E-state index in [0.717, 1.165) is 43.8 Å². The van der Waals surface area contributed by atoms with Crippen LogP contribution in [0.5, 0.6) is 0 Å². The van der Waals surface area contributed by atoms with Gasteiger partial charge in [-0.05, 0) is 25.8 Å². The van der Waals surface area contributed by atoms with Crippen molar-refractivity contribution in [3.8, 4) is 0 Å². The molecular weight excluding hydrogens is 250 g/mol. The van der Waals surface area contributed by atoms with E-state index >= 15 is 0 Å². The number of nitrogens with zero attached hydrogens (tertiary/aromatic N) is 2. The number of hydrogen-bond donors (Lipinski definition) is 1. The molecule has 2 heterocycles. The molecular formula is C12H19N3O2S. The summed E-state index contributed by atoms with van der Waals surface area (Å²) in [4.78, 5) is 18.6. The lowest BCUT2D eigenvalue weighted by Gasteiger charge is -2.31. The Hall–Kier alpha value is -0.980. The number of ether oxygens (including phenoxy) is 1. The number of thiazole rings is 1. The second kappa shape index (κ2) is 6.82. The summed E-state index contributed by atoms with van der Waals surface area (Å²) in [5.41, 5.74) is 7.11. The van der Waals surface area contributed by atoms with E-state index in [0.29, 0.717) is 6.54 Å². The van der Waals surface area contributed by atoms with Crippen molar-refractivity contribution in [3.05, 3.63) is 16.6 Å². The van der Waals surface area contributed by atoms with E-state index in [1.54, 1.807) is 11.7 Å². The SMILES string of the molecule is NCCCOC1CCN(C(=O)c2cncs2)CC1. The molecule has 2 N–H and O–H groups in total. The molecule has 0 radical (unpaired) electrons. The van der Waals surface area contributed by atoms with Crippen LogP contribution in [-0.2, 0) is 4.74 Å². The van der Waals surface area contributed by atoms with Crippen LogP contribution in [0.15, 0.2) is 11.7 Å². The molecule has 0 unspecified atom stereocenters. The molecule has 1 saturated heterocycles. The Kier molecular flexibility index (Phi) is 5.10. The van der Waals surface area contributed by atoms with E-state index in [-0.39, 0.29) is 12.0 Å². The van der Waals surface area contributed by atoms with Crippen molar-refractivity contribution < 1.29 is 9.53 Å². The quantitative estimate of drug-likeness (QED) is 0.813. The van der Waals surface area contributed by atoms with E-state index in [9.17, 15) is 4.79 Å². The molecule has 0 aliphatic carbocycles. The number of carbonyl (C=O) groups is 1. The highest BCUT2D eigenvalue weighted by molar-refractivity contribution is 7.11. The van der Waals surface area contributed by atoms with Crippen molar-refractivity contribution >= 4 is 17.2 Å². The molecule has 1 aromatic rings. The van der Waals surface area contributed by atoms with Gasteiger partial charge in [0.25, 0.3) is 5.91 Å². The maximum atomic E-state index is 12.1. The van der Waals surface area contributed by atoms with Gasteiger partial charge < -0.3 is 15.4 Å². The third-order valence-electron chi connectivity index (χ3n) is 3.07. The number of carbonyl (C=O) groups excluding carboxylic acids is 1. The van der Waals surface area contributed by atoms with Gasteiger partial charge in [-0.15, -0.1) is 11.3 Å². The first kappa shape index (κ1) is 13.5. The fourth-order valence-electron chi connectivity index (χ4n) is 2.04. The van der Waals surface area contributed by atoms with Crippen molar-refractivity contribution in [1.82, 2.24) is 9.88 Å². The smallest absolute Gasteiger partial charge is 0.265 e. The summed E-state index contributed by atoms with van der Waals surface area (Å²) in [7, 11) is 0. The molecule has 1 aromatic heterocycles. The minimum atomic E-state index is 0.0953. The first-order chi connectivity index (χ1) is 8.81. The van der Waals surface area contributed by atoms with Gasteiger partial charge in [-0.1, -0.05) is 0 Å². The van der Waals surface area contributed by atoms with Crippen LogP contribution in [0.2, 0.25) is 0 Å². The molecule has 0 saturated carbocycles. The summed E-state index contributed by atoms with van der Waals surface area (Å²) in [6.07, 6.45) is 4.64. The van der Waals surface area contributed by atoms with Gasteiger partial charge in [-0.2, -0.15) is 0 Å². The van der Waals surface area contributed by atoms with Gasteiger partial charge >= 0.3 is 0 Å². The summed E-state index contributed by atoms with van der Waals surface area (Å²) >= 11 is 1.39. The van der Waals surface area contributed by atoms with Crippen LogP contribution < -0.4 is 5.73 Å². The van der Waals surface area contributed by atoms with Crippen LogP contribution in [0.3, 0.4) is 0 Å². The van der Waals surface area contributed by atoms with Gasteiger partial charge in [0.2, 0.25) is 0 Å². The topological polar surface area (TPSA) is 68.5 Å². The van der Waals surface area contributed by atoms with Gasteiger partial charge in [0.05, 0.1) is 17.8 Å². The average molecular weight is 269 g/mol. The number of piperidine rings is 1. The molecule has 1 amide bonds. The number of amides is 1. The largest absolute Gasteiger partial charge is 0.378 e. The monoisotopic (exact) mass is 269 g/mol. The molecule has 0 spiro atoms. The molecule has 0 atom stereocenters. The van der Waals surface area contributed by atoms with E-state index < -0.39 is 0 Å². The van der Waals surface area contributed by atoms with Crippen molar-refractivity contribution in [2.24, 2.45) is 5.73 Å². The maximum absolute atomic E-state index is 12.1. The first-order valence-corrected chi connectivity index (χ1v) is 7.18. The summed E-state index contributed by atoms with van der Waals surface area (Å²) in [6.45, 7) is 2.93. The molecule has 18 heavy (non-hydrogen) atoms. The predicted molar refractivity (Wildman–Crippen MR) is 70.7 cm³/mol. The molecule has 1 fully saturated rings. The minimum Gasteiger partial charge on any atom is -0.378 e. The van der Waals surface area contributed by atoms with Crippen molar-refractivity contribution in [2.75, 3.05) is 26.2 Å². The Morgan fingerprint density at radius 1 is 1.56 bits per heavy atom. The van der Waals surface area contributed by atoms with Gasteiger partial charge in [0, 0.05) is 19.7 Å². The minimum absolute atomic E-state index is 0.0953. The second-order valence-electron chi connectivity index (χ2n) is 4.37. The number of likely N-dealkylation sites (tertiary alicyclic amines) is 1. The Balaban J connectivity index is 1.75. The summed E-state index contributed by atoms with van der Waals surface area (Å²) in [5.74, 6) is 0.0953. The Bertz CT molecular complexity index is 361. The van der Waals surface area contributed by atoms with Gasteiger partial charge in [-0.25, -0.2) is 0 Å². The van der Waals surface area contributed by atoms with Crippen LogP contribution in [-0.4, -0.2) is 48.1 Å². The van der Waals surface area contributed by atoms with Crippen molar-refractivity contribution in [2.45, 2.75) is 25.4 Å². The molecule has 1 aliphatic rings. The van der Waals surface area contributed by atoms with Crippen LogP contribution in [0.1, 0.15) is 28.9 Å². The maximum Gasteiger partial charge on any atom is 0.265 e. The normalized spacial score (nSPS) is 17.1. The third kappa shape index (κ3) is 3.51. The van der Waals surface area contributed by atoms with Crippen LogP contribution in [0.4, 0.5) is 0 Å². The highest BCUT2D eigenvalue weighted by atomic mass is 32.1. The van der Waals surface area contributed by atoms with E-state index in [1.165, 1.54) is 11.3 Å². The van der Waals surface area contributed by atoms with E-state index in [1.807, 2.05) is 4.90 Å². The fraction of sp³-hybridized carbons (Fsp3) is 0.667. The number of nitrogens with two attached hydrogens (primary N) is 1. The van der Waals surface area contributed by atoms with Crippen molar-refractivity contribution in [3.63, 3.8) is 0 Å². The molecule has 5 nitrogen and oxygen atoms in total. The molecule has 0 bridgehead atoms. The third-order valence-corrected chi connectivity index (χ3v) is 3.84. The number of hydrogen-bond acceptors (Lipinski definition) is 5. The summed E-state index contributed by atoms with van der Waals surface area (Å²) in [6, 6.07) is 0. The Morgan fingerprint density at radius 2 is 2.33 bits per heavy atom. The molecule has 2 rings (SSSR count). The number of rotatable bonds is 5. The van der Waals surface area contributed by atoms with Gasteiger partial charge in [0.1, 0.15) is 4.88 Å². The van der Waals surface area contributed by atoms with Gasteiger partial charge in [0.15, 0.2) is 0 Å². The van der Waals surface area contributed by atoms with Crippen LogP contribution >= 0.6 is 11.3 Å². The zero-order chi connectivity index (χ0) is 12.8. The second-order valence-corrected chi connectivity index (χ2v) is 5.26. The lowest BCUT2D eigenvalue weighted by molar-refractivity contribution is 0.00857. The standard InChI is InChI=1S/C12H19N3O2S/c13-4-1-7-17-10-2-5-15(6-3-10)12(16)11-8-14-9-18-11/h8-10H,1-7,13H2. The predicted octanol–water partition coefficient (Wildman–Crippen LogP) is 1.11. The molecule has 6 heteroatoms. The molecule has 1 aliphatic heterocycles. The van der Waals surface area contributed by atoms with E-state index in [2.05, 4.69) is 4.98 Å². The summed E-state index contributed by atoms with van der Waals surface area (Å²) in [5, 5.41) is 0. The number of aromatic nitrogens is 1.